The average molecular weight is 380 g/mol. The van der Waals surface area contributed by atoms with E-state index < -0.39 is 32.7 Å². The minimum absolute atomic E-state index is 0.00341. The predicted octanol–water partition coefficient (Wildman–Crippen LogP) is 1.86. The maximum absolute atomic E-state index is 13.9. The first-order valence-electron chi connectivity index (χ1n) is 7.75. The Morgan fingerprint density at radius 1 is 1.23 bits per heavy atom. The van der Waals surface area contributed by atoms with Gasteiger partial charge >= 0.3 is 0 Å². The molecule has 0 saturated carbocycles. The zero-order chi connectivity index (χ0) is 18.7. The molecule has 0 spiro atoms. The molecule has 1 aromatic heterocycles. The van der Waals surface area contributed by atoms with Crippen LogP contribution in [0.2, 0.25) is 0 Å². The first-order chi connectivity index (χ1) is 12.4. The Morgan fingerprint density at radius 2 is 1.92 bits per heavy atom. The van der Waals surface area contributed by atoms with Crippen LogP contribution in [-0.2, 0) is 10.0 Å². The molecule has 1 aliphatic rings. The fourth-order valence-corrected chi connectivity index (χ4v) is 4.34. The van der Waals surface area contributed by atoms with Gasteiger partial charge in [0, 0.05) is 18.9 Å². The van der Waals surface area contributed by atoms with Gasteiger partial charge in [0.1, 0.15) is 23.8 Å². The van der Waals surface area contributed by atoms with E-state index in [1.54, 1.807) is 0 Å². The van der Waals surface area contributed by atoms with Crippen LogP contribution in [0.4, 0.5) is 8.78 Å². The number of sulfonamides is 1. The van der Waals surface area contributed by atoms with Crippen molar-refractivity contribution < 1.29 is 21.9 Å². The Kier molecular flexibility index (Phi) is 5.11. The van der Waals surface area contributed by atoms with Gasteiger partial charge in [-0.3, -0.25) is 0 Å². The molecular weight excluding hydrogens is 366 g/mol. The Balaban J connectivity index is 1.83. The van der Waals surface area contributed by atoms with E-state index in [-0.39, 0.29) is 24.7 Å². The summed E-state index contributed by atoms with van der Waals surface area (Å²) in [6.07, 6.45) is 3.01. The van der Waals surface area contributed by atoms with Gasteiger partial charge in [-0.25, -0.2) is 27.2 Å². The zero-order valence-electron chi connectivity index (χ0n) is 13.5. The van der Waals surface area contributed by atoms with Gasteiger partial charge in [0.05, 0.1) is 6.54 Å². The SMILES string of the molecule is N#Cc1nccnc1OC1CCCN(S(=O)(=O)c2c(F)cccc2F)C1. The number of nitrogens with zero attached hydrogens (tertiary/aromatic N) is 4. The first-order valence-corrected chi connectivity index (χ1v) is 9.19. The second-order valence-corrected chi connectivity index (χ2v) is 7.49. The van der Waals surface area contributed by atoms with Gasteiger partial charge in [0.15, 0.2) is 4.90 Å². The van der Waals surface area contributed by atoms with Crippen LogP contribution in [0.5, 0.6) is 5.88 Å². The smallest absolute Gasteiger partial charge is 0.251 e. The summed E-state index contributed by atoms with van der Waals surface area (Å²) in [5.41, 5.74) is -0.0207. The predicted molar refractivity (Wildman–Crippen MR) is 85.5 cm³/mol. The summed E-state index contributed by atoms with van der Waals surface area (Å²) >= 11 is 0. The minimum Gasteiger partial charge on any atom is -0.471 e. The van der Waals surface area contributed by atoms with Crippen LogP contribution in [0.1, 0.15) is 18.5 Å². The minimum atomic E-state index is -4.36. The molecule has 1 aromatic carbocycles. The Bertz CT molecular complexity index is 942. The van der Waals surface area contributed by atoms with Gasteiger partial charge in [-0.15, -0.1) is 0 Å². The van der Waals surface area contributed by atoms with Crippen LogP contribution in [0, 0.1) is 23.0 Å². The highest BCUT2D eigenvalue weighted by molar-refractivity contribution is 7.89. The van der Waals surface area contributed by atoms with Gasteiger partial charge in [0.25, 0.3) is 5.88 Å². The van der Waals surface area contributed by atoms with E-state index in [4.69, 9.17) is 10.00 Å². The van der Waals surface area contributed by atoms with Crippen molar-refractivity contribution in [3.8, 4) is 11.9 Å². The molecule has 1 unspecified atom stereocenters. The van der Waals surface area contributed by atoms with E-state index in [1.165, 1.54) is 12.4 Å². The van der Waals surface area contributed by atoms with Crippen LogP contribution in [0.25, 0.3) is 0 Å². The van der Waals surface area contributed by atoms with Crippen molar-refractivity contribution in [2.75, 3.05) is 13.1 Å². The number of halogens is 2. The molecule has 0 amide bonds. The number of hydrogen-bond donors (Lipinski definition) is 0. The number of piperidine rings is 1. The average Bonchev–Trinajstić information content (AvgIpc) is 2.62. The topological polar surface area (TPSA) is 96.2 Å². The molecule has 1 saturated heterocycles. The van der Waals surface area contributed by atoms with Gasteiger partial charge < -0.3 is 4.74 Å². The summed E-state index contributed by atoms with van der Waals surface area (Å²) in [6.45, 7) is -0.000899. The molecule has 1 fully saturated rings. The summed E-state index contributed by atoms with van der Waals surface area (Å²) in [7, 11) is -4.36. The largest absolute Gasteiger partial charge is 0.471 e. The summed E-state index contributed by atoms with van der Waals surface area (Å²) in [4.78, 5) is 6.77. The standard InChI is InChI=1S/C16H14F2N4O3S/c17-12-4-1-5-13(18)15(12)26(23,24)22-8-2-3-11(10-22)25-16-14(9-19)20-6-7-21-16/h1,4-7,11H,2-3,8,10H2. The maximum Gasteiger partial charge on any atom is 0.251 e. The lowest BCUT2D eigenvalue weighted by molar-refractivity contribution is 0.123. The first kappa shape index (κ1) is 18.2. The number of benzene rings is 1. The van der Waals surface area contributed by atoms with Gasteiger partial charge in [-0.05, 0) is 25.0 Å². The second-order valence-electron chi connectivity index (χ2n) is 5.62. The van der Waals surface area contributed by atoms with E-state index in [0.717, 1.165) is 22.5 Å². The van der Waals surface area contributed by atoms with E-state index in [1.807, 2.05) is 6.07 Å². The fraction of sp³-hybridized carbons (Fsp3) is 0.312. The third-order valence-corrected chi connectivity index (χ3v) is 5.82. The molecule has 136 valence electrons. The van der Waals surface area contributed by atoms with Crippen LogP contribution in [0.3, 0.4) is 0 Å². The number of aromatic nitrogens is 2. The zero-order valence-corrected chi connectivity index (χ0v) is 14.3. The van der Waals surface area contributed by atoms with Gasteiger partial charge in [0.2, 0.25) is 15.7 Å². The lowest BCUT2D eigenvalue weighted by Gasteiger charge is -2.31. The third-order valence-electron chi connectivity index (χ3n) is 3.91. The van der Waals surface area contributed by atoms with E-state index in [9.17, 15) is 17.2 Å². The van der Waals surface area contributed by atoms with E-state index in [0.29, 0.717) is 12.8 Å². The quantitative estimate of drug-likeness (QED) is 0.803. The molecular formula is C16H14F2N4O3S. The monoisotopic (exact) mass is 380 g/mol. The van der Waals surface area contributed by atoms with Crippen molar-refractivity contribution in [1.82, 2.24) is 14.3 Å². The lowest BCUT2D eigenvalue weighted by Crippen LogP contribution is -2.44. The van der Waals surface area contributed by atoms with Crippen molar-refractivity contribution in [3.63, 3.8) is 0 Å². The summed E-state index contributed by atoms with van der Waals surface area (Å²) in [5.74, 6) is -2.29. The highest BCUT2D eigenvalue weighted by atomic mass is 32.2. The van der Waals surface area contributed by atoms with Crippen molar-refractivity contribution >= 4 is 10.0 Å². The molecule has 10 heteroatoms. The molecule has 2 heterocycles. The van der Waals surface area contributed by atoms with Crippen molar-refractivity contribution in [3.05, 3.63) is 47.9 Å². The lowest BCUT2D eigenvalue weighted by atomic mass is 10.1. The van der Waals surface area contributed by atoms with Crippen LogP contribution in [0.15, 0.2) is 35.5 Å². The Hall–Kier alpha value is -2.64. The molecule has 3 rings (SSSR count). The molecule has 0 radical (unpaired) electrons. The summed E-state index contributed by atoms with van der Waals surface area (Å²) in [5, 5.41) is 9.02. The number of ether oxygens (including phenoxy) is 1. The maximum atomic E-state index is 13.9. The molecule has 26 heavy (non-hydrogen) atoms. The molecule has 1 atom stereocenters. The van der Waals surface area contributed by atoms with Crippen molar-refractivity contribution in [2.24, 2.45) is 0 Å². The summed E-state index contributed by atoms with van der Waals surface area (Å²) in [6, 6.07) is 4.73. The van der Waals surface area contributed by atoms with E-state index >= 15 is 0 Å². The third kappa shape index (κ3) is 3.49. The highest BCUT2D eigenvalue weighted by Gasteiger charge is 2.35. The molecule has 7 nitrogen and oxygen atoms in total. The number of nitriles is 1. The van der Waals surface area contributed by atoms with Crippen LogP contribution < -0.4 is 4.74 Å². The Labute approximate surface area is 148 Å². The van der Waals surface area contributed by atoms with Crippen molar-refractivity contribution in [2.45, 2.75) is 23.8 Å². The normalized spacial score (nSPS) is 18.3. The Morgan fingerprint density at radius 3 is 2.62 bits per heavy atom. The van der Waals surface area contributed by atoms with Gasteiger partial charge in [-0.1, -0.05) is 6.07 Å². The molecule has 0 N–H and O–H groups in total. The van der Waals surface area contributed by atoms with Gasteiger partial charge in [-0.2, -0.15) is 9.57 Å². The summed E-state index contributed by atoms with van der Waals surface area (Å²) < 4.78 is 59.7. The molecule has 2 aromatic rings. The van der Waals surface area contributed by atoms with Crippen molar-refractivity contribution in [1.29, 1.82) is 5.26 Å². The number of rotatable bonds is 4. The van der Waals surface area contributed by atoms with Crippen LogP contribution in [-0.4, -0.2) is 41.9 Å². The highest BCUT2D eigenvalue weighted by Crippen LogP contribution is 2.26. The second kappa shape index (κ2) is 7.31. The molecule has 0 bridgehead atoms. The molecule has 1 aliphatic heterocycles. The number of hydrogen-bond acceptors (Lipinski definition) is 6. The fourth-order valence-electron chi connectivity index (χ4n) is 2.72. The molecule has 0 aliphatic carbocycles. The van der Waals surface area contributed by atoms with Crippen LogP contribution >= 0.6 is 0 Å². The van der Waals surface area contributed by atoms with E-state index in [2.05, 4.69) is 9.97 Å².